The van der Waals surface area contributed by atoms with Gasteiger partial charge in [-0.3, -0.25) is 0 Å². The van der Waals surface area contributed by atoms with Crippen LogP contribution in [0.2, 0.25) is 0 Å². The molecule has 0 radical (unpaired) electrons. The van der Waals surface area contributed by atoms with Gasteiger partial charge < -0.3 is 10.4 Å². The van der Waals surface area contributed by atoms with E-state index in [-0.39, 0.29) is 6.04 Å². The Bertz CT molecular complexity index is 542. The average molecular weight is 287 g/mol. The van der Waals surface area contributed by atoms with E-state index in [2.05, 4.69) is 36.5 Å². The highest BCUT2D eigenvalue weighted by atomic mass is 32.2. The Kier molecular flexibility index (Phi) is 5.50. The Balaban J connectivity index is 1.79. The molecule has 0 aromatic heterocycles. The topological polar surface area (TPSA) is 32.3 Å². The van der Waals surface area contributed by atoms with Crippen molar-refractivity contribution in [3.8, 4) is 5.75 Å². The monoisotopic (exact) mass is 287 g/mol. The number of phenolic OH excluding ortho intramolecular Hbond substituents is 1. The van der Waals surface area contributed by atoms with Crippen molar-refractivity contribution in [2.45, 2.75) is 24.8 Å². The molecular weight excluding hydrogens is 266 g/mol. The fraction of sp³-hybridized carbons (Fsp3) is 0.294. The molecule has 0 bridgehead atoms. The van der Waals surface area contributed by atoms with Crippen LogP contribution in [-0.2, 0) is 0 Å². The Labute approximate surface area is 125 Å². The van der Waals surface area contributed by atoms with Crippen LogP contribution in [-0.4, -0.2) is 17.4 Å². The van der Waals surface area contributed by atoms with Crippen LogP contribution in [0.5, 0.6) is 5.75 Å². The first kappa shape index (κ1) is 14.9. The molecule has 1 atom stereocenters. The number of nitrogens with one attached hydrogen (secondary N) is 1. The maximum Gasteiger partial charge on any atom is 0.120 e. The van der Waals surface area contributed by atoms with Crippen LogP contribution in [0.25, 0.3) is 0 Å². The van der Waals surface area contributed by atoms with Crippen molar-refractivity contribution in [1.29, 1.82) is 0 Å². The van der Waals surface area contributed by atoms with Gasteiger partial charge in [0.2, 0.25) is 0 Å². The summed E-state index contributed by atoms with van der Waals surface area (Å²) in [6, 6.07) is 16.4. The second-order valence-electron chi connectivity index (χ2n) is 4.90. The van der Waals surface area contributed by atoms with E-state index in [1.165, 1.54) is 4.90 Å². The first-order chi connectivity index (χ1) is 9.66. The zero-order valence-electron chi connectivity index (χ0n) is 12.0. The summed E-state index contributed by atoms with van der Waals surface area (Å²) in [5.74, 6) is 1.39. The largest absolute Gasteiger partial charge is 0.508 e. The van der Waals surface area contributed by atoms with Gasteiger partial charge in [-0.1, -0.05) is 30.3 Å². The quantitative estimate of drug-likeness (QED) is 0.618. The summed E-state index contributed by atoms with van der Waals surface area (Å²) in [5, 5.41) is 13.4. The van der Waals surface area contributed by atoms with Gasteiger partial charge in [-0.05, 0) is 37.6 Å². The highest BCUT2D eigenvalue weighted by molar-refractivity contribution is 7.99. The van der Waals surface area contributed by atoms with E-state index in [1.807, 2.05) is 43.0 Å². The lowest BCUT2D eigenvalue weighted by molar-refractivity contribution is 0.454. The third kappa shape index (κ3) is 4.29. The molecule has 0 aliphatic heterocycles. The lowest BCUT2D eigenvalue weighted by Crippen LogP contribution is -2.21. The Morgan fingerprint density at radius 3 is 2.60 bits per heavy atom. The molecule has 2 aromatic carbocycles. The van der Waals surface area contributed by atoms with E-state index in [0.29, 0.717) is 5.75 Å². The normalized spacial score (nSPS) is 12.3. The Hall–Kier alpha value is -1.45. The van der Waals surface area contributed by atoms with Crippen molar-refractivity contribution in [2.75, 3.05) is 12.3 Å². The second kappa shape index (κ2) is 7.36. The maximum atomic E-state index is 9.95. The summed E-state index contributed by atoms with van der Waals surface area (Å²) in [7, 11) is 0. The third-order valence-corrected chi connectivity index (χ3v) is 4.23. The SMILES string of the molecule is Cc1ccc(C(C)NCCSc2ccccc2)c(O)c1. The number of aryl methyl sites for hydroxylation is 1. The summed E-state index contributed by atoms with van der Waals surface area (Å²) >= 11 is 1.84. The van der Waals surface area contributed by atoms with Gasteiger partial charge in [-0.2, -0.15) is 0 Å². The molecule has 3 heteroatoms. The fourth-order valence-corrected chi connectivity index (χ4v) is 2.90. The zero-order chi connectivity index (χ0) is 14.4. The fourth-order valence-electron chi connectivity index (χ4n) is 2.09. The first-order valence-corrected chi connectivity index (χ1v) is 7.86. The number of thioether (sulfide) groups is 1. The molecule has 1 unspecified atom stereocenters. The summed E-state index contributed by atoms with van der Waals surface area (Å²) in [5.41, 5.74) is 2.04. The van der Waals surface area contributed by atoms with Gasteiger partial charge in [0.15, 0.2) is 0 Å². The molecule has 20 heavy (non-hydrogen) atoms. The van der Waals surface area contributed by atoms with Crippen molar-refractivity contribution < 1.29 is 5.11 Å². The molecule has 0 saturated carbocycles. The van der Waals surface area contributed by atoms with Crippen molar-refractivity contribution in [2.24, 2.45) is 0 Å². The number of phenols is 1. The van der Waals surface area contributed by atoms with Crippen LogP contribution in [0.1, 0.15) is 24.1 Å². The third-order valence-electron chi connectivity index (χ3n) is 3.22. The lowest BCUT2D eigenvalue weighted by Gasteiger charge is -2.16. The van der Waals surface area contributed by atoms with E-state index in [9.17, 15) is 5.11 Å². The molecule has 0 spiro atoms. The molecule has 2 rings (SSSR count). The van der Waals surface area contributed by atoms with Gasteiger partial charge in [-0.25, -0.2) is 0 Å². The van der Waals surface area contributed by atoms with Crippen molar-refractivity contribution in [3.05, 3.63) is 59.7 Å². The number of aromatic hydroxyl groups is 1. The van der Waals surface area contributed by atoms with E-state index < -0.39 is 0 Å². The Morgan fingerprint density at radius 2 is 1.90 bits per heavy atom. The minimum absolute atomic E-state index is 0.159. The smallest absolute Gasteiger partial charge is 0.120 e. The molecule has 2 aromatic rings. The predicted molar refractivity (Wildman–Crippen MR) is 86.4 cm³/mol. The van der Waals surface area contributed by atoms with Crippen LogP contribution in [0, 0.1) is 6.92 Å². The number of benzene rings is 2. The van der Waals surface area contributed by atoms with Crippen molar-refractivity contribution >= 4 is 11.8 Å². The highest BCUT2D eigenvalue weighted by Crippen LogP contribution is 2.25. The van der Waals surface area contributed by atoms with Gasteiger partial charge >= 0.3 is 0 Å². The second-order valence-corrected chi connectivity index (χ2v) is 6.07. The molecule has 2 nitrogen and oxygen atoms in total. The molecule has 0 saturated heterocycles. The average Bonchev–Trinajstić information content (AvgIpc) is 2.44. The molecular formula is C17H21NOS. The van der Waals surface area contributed by atoms with E-state index in [1.54, 1.807) is 0 Å². The molecule has 0 amide bonds. The van der Waals surface area contributed by atoms with E-state index in [4.69, 9.17) is 0 Å². The van der Waals surface area contributed by atoms with Crippen LogP contribution in [0.3, 0.4) is 0 Å². The maximum absolute atomic E-state index is 9.95. The van der Waals surface area contributed by atoms with Gasteiger partial charge in [0.05, 0.1) is 0 Å². The van der Waals surface area contributed by atoms with Crippen LogP contribution in [0.4, 0.5) is 0 Å². The van der Waals surface area contributed by atoms with Crippen molar-refractivity contribution in [3.63, 3.8) is 0 Å². The van der Waals surface area contributed by atoms with E-state index in [0.717, 1.165) is 23.4 Å². The number of hydrogen-bond acceptors (Lipinski definition) is 3. The minimum Gasteiger partial charge on any atom is -0.508 e. The Morgan fingerprint density at radius 1 is 1.15 bits per heavy atom. The molecule has 0 aliphatic carbocycles. The van der Waals surface area contributed by atoms with Crippen LogP contribution in [0.15, 0.2) is 53.4 Å². The zero-order valence-corrected chi connectivity index (χ0v) is 12.8. The lowest BCUT2D eigenvalue weighted by atomic mass is 10.1. The van der Waals surface area contributed by atoms with E-state index >= 15 is 0 Å². The minimum atomic E-state index is 0.159. The molecule has 0 fully saturated rings. The van der Waals surface area contributed by atoms with Gasteiger partial charge in [0.25, 0.3) is 0 Å². The summed E-state index contributed by atoms with van der Waals surface area (Å²) < 4.78 is 0. The van der Waals surface area contributed by atoms with Crippen molar-refractivity contribution in [1.82, 2.24) is 5.32 Å². The summed E-state index contributed by atoms with van der Waals surface area (Å²) in [6.45, 7) is 4.98. The molecule has 0 aliphatic rings. The van der Waals surface area contributed by atoms with Gasteiger partial charge in [0.1, 0.15) is 5.75 Å². The molecule has 0 heterocycles. The standard InChI is InChI=1S/C17H21NOS/c1-13-8-9-16(17(19)12-13)14(2)18-10-11-20-15-6-4-3-5-7-15/h3-9,12,14,18-19H,10-11H2,1-2H3. The summed E-state index contributed by atoms with van der Waals surface area (Å²) in [4.78, 5) is 1.29. The predicted octanol–water partition coefficient (Wildman–Crippen LogP) is 4.14. The first-order valence-electron chi connectivity index (χ1n) is 6.87. The molecule has 2 N–H and O–H groups in total. The number of rotatable bonds is 6. The molecule has 106 valence electrons. The highest BCUT2D eigenvalue weighted by Gasteiger charge is 2.09. The summed E-state index contributed by atoms with van der Waals surface area (Å²) in [6.07, 6.45) is 0. The van der Waals surface area contributed by atoms with Gasteiger partial charge in [0, 0.05) is 28.8 Å². The van der Waals surface area contributed by atoms with Crippen LogP contribution < -0.4 is 5.32 Å². The number of hydrogen-bond donors (Lipinski definition) is 2. The van der Waals surface area contributed by atoms with Gasteiger partial charge in [-0.15, -0.1) is 11.8 Å². The van der Waals surface area contributed by atoms with Crippen LogP contribution >= 0.6 is 11.8 Å².